The van der Waals surface area contributed by atoms with Gasteiger partial charge in [0.05, 0.1) is 12.6 Å². The Labute approximate surface area is 155 Å². The molecule has 2 aliphatic rings. The Balaban J connectivity index is 1.60. The third kappa shape index (κ3) is 4.42. The first-order valence-electron chi connectivity index (χ1n) is 9.70. The predicted molar refractivity (Wildman–Crippen MR) is 98.9 cm³/mol. The van der Waals surface area contributed by atoms with Gasteiger partial charge in [-0.1, -0.05) is 31.4 Å². The minimum atomic E-state index is -0.632. The smallest absolute Gasteiger partial charge is 0.237 e. The molecule has 2 aliphatic carbocycles. The topological polar surface area (TPSA) is 47.3 Å². The van der Waals surface area contributed by atoms with E-state index in [0.717, 1.165) is 63.5 Å². The van der Waals surface area contributed by atoms with Gasteiger partial charge >= 0.3 is 0 Å². The maximum Gasteiger partial charge on any atom is 0.237 e. The lowest BCUT2D eigenvalue weighted by atomic mass is 9.81. The van der Waals surface area contributed by atoms with Crippen LogP contribution in [-0.4, -0.2) is 47.4 Å². The zero-order valence-corrected chi connectivity index (χ0v) is 15.6. The number of amides is 1. The molecule has 0 atom stereocenters. The number of hydrogen-bond donors (Lipinski definition) is 0. The number of halogens is 1. The minimum Gasteiger partial charge on any atom is -0.326 e. The maximum absolute atomic E-state index is 13.4. The molecule has 0 aliphatic heterocycles. The molecular weight excluding hydrogens is 329 g/mol. The van der Waals surface area contributed by atoms with Crippen LogP contribution in [0, 0.1) is 17.1 Å². The fraction of sp³-hybridized carbons (Fsp3) is 0.619. The van der Waals surface area contributed by atoms with Crippen molar-refractivity contribution in [1.29, 1.82) is 5.26 Å². The van der Waals surface area contributed by atoms with Gasteiger partial charge in [-0.15, -0.1) is 0 Å². The first-order valence-corrected chi connectivity index (χ1v) is 9.70. The van der Waals surface area contributed by atoms with E-state index in [1.54, 1.807) is 24.1 Å². The van der Waals surface area contributed by atoms with Gasteiger partial charge in [-0.3, -0.25) is 9.69 Å². The second-order valence-corrected chi connectivity index (χ2v) is 7.74. The maximum atomic E-state index is 13.4. The Morgan fingerprint density at radius 2 is 2.04 bits per heavy atom. The first-order chi connectivity index (χ1) is 12.5. The standard InChI is InChI=1S/C21H28FN3O/c1-24(21(16-23)11-3-2-4-12-21)20(26)15-25(19-8-9-19)13-10-17-6-5-7-18(22)14-17/h5-7,14,19H,2-4,8-13,15H2,1H3. The number of carbonyl (C=O) groups is 1. The lowest BCUT2D eigenvalue weighted by Gasteiger charge is -2.40. The van der Waals surface area contributed by atoms with Gasteiger partial charge in [0.1, 0.15) is 11.4 Å². The van der Waals surface area contributed by atoms with Crippen molar-refractivity contribution in [2.45, 2.75) is 62.9 Å². The van der Waals surface area contributed by atoms with Gasteiger partial charge in [-0.05, 0) is 49.8 Å². The highest BCUT2D eigenvalue weighted by Crippen LogP contribution is 2.33. The van der Waals surface area contributed by atoms with E-state index >= 15 is 0 Å². The average Bonchev–Trinajstić information content (AvgIpc) is 3.50. The minimum absolute atomic E-state index is 0.0274. The molecule has 0 N–H and O–H groups in total. The number of nitriles is 1. The van der Waals surface area contributed by atoms with Crippen LogP contribution < -0.4 is 0 Å². The van der Waals surface area contributed by atoms with Crippen LogP contribution >= 0.6 is 0 Å². The molecule has 1 aromatic rings. The summed E-state index contributed by atoms with van der Waals surface area (Å²) in [5, 5.41) is 9.70. The molecule has 4 nitrogen and oxygen atoms in total. The van der Waals surface area contributed by atoms with Gasteiger partial charge in [-0.25, -0.2) is 4.39 Å². The van der Waals surface area contributed by atoms with Crippen molar-refractivity contribution >= 4 is 5.91 Å². The van der Waals surface area contributed by atoms with E-state index in [1.807, 2.05) is 6.07 Å². The number of rotatable bonds is 7. The molecule has 2 saturated carbocycles. The quantitative estimate of drug-likeness (QED) is 0.750. The van der Waals surface area contributed by atoms with Gasteiger partial charge in [0.15, 0.2) is 0 Å². The van der Waals surface area contributed by atoms with Crippen molar-refractivity contribution < 1.29 is 9.18 Å². The molecule has 140 valence electrons. The van der Waals surface area contributed by atoms with E-state index in [-0.39, 0.29) is 11.7 Å². The van der Waals surface area contributed by atoms with Gasteiger partial charge in [-0.2, -0.15) is 5.26 Å². The van der Waals surface area contributed by atoms with Gasteiger partial charge in [0, 0.05) is 19.6 Å². The molecule has 1 aromatic carbocycles. The summed E-state index contributed by atoms with van der Waals surface area (Å²) in [6.07, 6.45) is 7.68. The Morgan fingerprint density at radius 3 is 2.65 bits per heavy atom. The number of nitrogens with zero attached hydrogens (tertiary/aromatic N) is 3. The van der Waals surface area contributed by atoms with Crippen LogP contribution in [0.25, 0.3) is 0 Å². The SMILES string of the molecule is CN(C(=O)CN(CCc1cccc(F)c1)C1CC1)C1(C#N)CCCCC1. The van der Waals surface area contributed by atoms with Crippen LogP contribution in [0.1, 0.15) is 50.5 Å². The molecule has 26 heavy (non-hydrogen) atoms. The second-order valence-electron chi connectivity index (χ2n) is 7.74. The third-order valence-electron chi connectivity index (χ3n) is 5.88. The third-order valence-corrected chi connectivity index (χ3v) is 5.88. The van der Waals surface area contributed by atoms with Crippen molar-refractivity contribution in [2.24, 2.45) is 0 Å². The van der Waals surface area contributed by atoms with Crippen molar-refractivity contribution in [2.75, 3.05) is 20.1 Å². The Hall–Kier alpha value is -1.93. The molecule has 1 amide bonds. The van der Waals surface area contributed by atoms with Gasteiger partial charge in [0.25, 0.3) is 0 Å². The van der Waals surface area contributed by atoms with Crippen LogP contribution in [0.4, 0.5) is 4.39 Å². The largest absolute Gasteiger partial charge is 0.326 e. The first kappa shape index (κ1) is 18.8. The monoisotopic (exact) mass is 357 g/mol. The Bertz CT molecular complexity index is 674. The molecule has 0 saturated heterocycles. The van der Waals surface area contributed by atoms with Crippen LogP contribution in [0.2, 0.25) is 0 Å². The highest BCUT2D eigenvalue weighted by atomic mass is 19.1. The second kappa shape index (κ2) is 8.18. The summed E-state index contributed by atoms with van der Waals surface area (Å²) in [5.74, 6) is -0.191. The molecular formula is C21H28FN3O. The summed E-state index contributed by atoms with van der Waals surface area (Å²) in [6.45, 7) is 1.09. The van der Waals surface area contributed by atoms with Crippen molar-refractivity contribution in [3.05, 3.63) is 35.6 Å². The molecule has 2 fully saturated rings. The molecule has 0 radical (unpaired) electrons. The van der Waals surface area contributed by atoms with Gasteiger partial charge < -0.3 is 4.90 Å². The van der Waals surface area contributed by atoms with Crippen LogP contribution in [0.15, 0.2) is 24.3 Å². The van der Waals surface area contributed by atoms with E-state index in [1.165, 1.54) is 6.07 Å². The zero-order valence-electron chi connectivity index (χ0n) is 15.6. The van der Waals surface area contributed by atoms with Gasteiger partial charge in [0.2, 0.25) is 5.91 Å². The molecule has 0 unspecified atom stereocenters. The van der Waals surface area contributed by atoms with E-state index in [0.29, 0.717) is 12.6 Å². The van der Waals surface area contributed by atoms with E-state index in [2.05, 4.69) is 11.0 Å². The van der Waals surface area contributed by atoms with Crippen molar-refractivity contribution in [1.82, 2.24) is 9.80 Å². The van der Waals surface area contributed by atoms with Crippen LogP contribution in [-0.2, 0) is 11.2 Å². The van der Waals surface area contributed by atoms with Crippen LogP contribution in [0.3, 0.4) is 0 Å². The molecule has 5 heteroatoms. The summed E-state index contributed by atoms with van der Waals surface area (Å²) in [6, 6.07) is 9.54. The fourth-order valence-corrected chi connectivity index (χ4v) is 3.97. The predicted octanol–water partition coefficient (Wildman–Crippen LogP) is 3.52. The van der Waals surface area contributed by atoms with E-state index in [4.69, 9.17) is 0 Å². The lowest BCUT2D eigenvalue weighted by Crippen LogP contribution is -2.53. The van der Waals surface area contributed by atoms with E-state index in [9.17, 15) is 14.4 Å². The normalized spacial score (nSPS) is 19.2. The highest BCUT2D eigenvalue weighted by Gasteiger charge is 2.40. The lowest BCUT2D eigenvalue weighted by molar-refractivity contribution is -0.136. The van der Waals surface area contributed by atoms with Crippen molar-refractivity contribution in [3.8, 4) is 6.07 Å². The summed E-state index contributed by atoms with van der Waals surface area (Å²) in [7, 11) is 1.79. The highest BCUT2D eigenvalue weighted by molar-refractivity contribution is 5.79. The number of carbonyl (C=O) groups excluding carboxylic acids is 1. The summed E-state index contributed by atoms with van der Waals surface area (Å²) < 4.78 is 13.4. The Kier molecular flexibility index (Phi) is 5.93. The fourth-order valence-electron chi connectivity index (χ4n) is 3.97. The van der Waals surface area contributed by atoms with E-state index < -0.39 is 5.54 Å². The summed E-state index contributed by atoms with van der Waals surface area (Å²) >= 11 is 0. The molecule has 3 rings (SSSR count). The Morgan fingerprint density at radius 1 is 1.31 bits per heavy atom. The molecule has 0 heterocycles. The number of benzene rings is 1. The van der Waals surface area contributed by atoms with Crippen molar-refractivity contribution in [3.63, 3.8) is 0 Å². The molecule has 0 spiro atoms. The number of hydrogen-bond acceptors (Lipinski definition) is 3. The molecule has 0 bridgehead atoms. The summed E-state index contributed by atoms with van der Waals surface area (Å²) in [4.78, 5) is 16.8. The van der Waals surface area contributed by atoms with Crippen LogP contribution in [0.5, 0.6) is 0 Å². The average molecular weight is 357 g/mol. The zero-order chi connectivity index (χ0) is 18.6. The molecule has 0 aromatic heterocycles. The summed E-state index contributed by atoms with van der Waals surface area (Å²) in [5.41, 5.74) is 0.324. The number of likely N-dealkylation sites (N-methyl/N-ethyl adjacent to an activating group) is 1.